The van der Waals surface area contributed by atoms with Gasteiger partial charge in [0.2, 0.25) is 0 Å². The summed E-state index contributed by atoms with van der Waals surface area (Å²) in [4.78, 5) is 14.5. The van der Waals surface area contributed by atoms with Gasteiger partial charge in [-0.15, -0.1) is 11.3 Å². The van der Waals surface area contributed by atoms with Gasteiger partial charge in [0.15, 0.2) is 0 Å². The molecule has 0 saturated heterocycles. The number of hydrogen-bond acceptors (Lipinski definition) is 3. The van der Waals surface area contributed by atoms with E-state index in [1.54, 1.807) is 11.3 Å². The predicted octanol–water partition coefficient (Wildman–Crippen LogP) is 5.58. The standard InChI is InChI=1S/C23H31NO2S/c1-12-14(3)19(15(4)13(2)17(12)11-24-7)21-20(22(25)26)16-10-23(5,6)9-8-18(16)27-21/h24H,8-11H2,1-7H3,(H,25,26). The first kappa shape index (κ1) is 20.1. The fraction of sp³-hybridized carbons (Fsp3) is 0.522. The molecule has 1 aromatic heterocycles. The van der Waals surface area contributed by atoms with Crippen molar-refractivity contribution < 1.29 is 9.90 Å². The smallest absolute Gasteiger partial charge is 0.337 e. The Hall–Kier alpha value is -1.65. The fourth-order valence-corrected chi connectivity index (χ4v) is 5.96. The van der Waals surface area contributed by atoms with Gasteiger partial charge in [-0.05, 0) is 98.4 Å². The van der Waals surface area contributed by atoms with E-state index in [-0.39, 0.29) is 5.41 Å². The molecule has 3 rings (SSSR count). The maximum absolute atomic E-state index is 12.3. The SMILES string of the molecule is CNCc1c(C)c(C)c(-c2sc3c(c2C(=O)O)CC(C)(C)CC3)c(C)c1C. The van der Waals surface area contributed by atoms with Crippen molar-refractivity contribution in [3.63, 3.8) is 0 Å². The Bertz CT molecular complexity index is 892. The second-order valence-electron chi connectivity index (χ2n) is 8.74. The Morgan fingerprint density at radius 1 is 1.11 bits per heavy atom. The Kier molecular flexibility index (Phi) is 5.26. The van der Waals surface area contributed by atoms with Gasteiger partial charge in [-0.25, -0.2) is 4.79 Å². The summed E-state index contributed by atoms with van der Waals surface area (Å²) in [6.07, 6.45) is 2.96. The van der Waals surface area contributed by atoms with Gasteiger partial charge < -0.3 is 10.4 Å². The second-order valence-corrected chi connectivity index (χ2v) is 9.84. The Morgan fingerprint density at radius 2 is 1.70 bits per heavy atom. The van der Waals surface area contributed by atoms with E-state index in [1.807, 2.05) is 7.05 Å². The average molecular weight is 386 g/mol. The molecule has 0 atom stereocenters. The van der Waals surface area contributed by atoms with Gasteiger partial charge >= 0.3 is 5.97 Å². The molecule has 0 saturated carbocycles. The minimum atomic E-state index is -0.784. The van der Waals surface area contributed by atoms with Crippen molar-refractivity contribution in [3.05, 3.63) is 43.8 Å². The highest BCUT2D eigenvalue weighted by Gasteiger charge is 2.34. The number of carboxylic acids is 1. The van der Waals surface area contributed by atoms with Gasteiger partial charge in [-0.3, -0.25) is 0 Å². The molecule has 1 aliphatic carbocycles. The van der Waals surface area contributed by atoms with Crippen LogP contribution in [-0.2, 0) is 19.4 Å². The second kappa shape index (κ2) is 7.06. The summed E-state index contributed by atoms with van der Waals surface area (Å²) in [7, 11) is 1.97. The summed E-state index contributed by atoms with van der Waals surface area (Å²) in [5, 5.41) is 13.4. The molecule has 146 valence electrons. The lowest BCUT2D eigenvalue weighted by molar-refractivity contribution is 0.0696. The number of nitrogens with one attached hydrogen (secondary N) is 1. The van der Waals surface area contributed by atoms with Crippen LogP contribution < -0.4 is 5.32 Å². The van der Waals surface area contributed by atoms with Crippen LogP contribution in [0.25, 0.3) is 10.4 Å². The average Bonchev–Trinajstić information content (AvgIpc) is 2.94. The highest BCUT2D eigenvalue weighted by atomic mass is 32.1. The van der Waals surface area contributed by atoms with E-state index < -0.39 is 5.97 Å². The molecule has 0 radical (unpaired) electrons. The number of aromatic carboxylic acids is 1. The van der Waals surface area contributed by atoms with Crippen molar-refractivity contribution in [3.8, 4) is 10.4 Å². The first-order valence-corrected chi connectivity index (χ1v) is 10.5. The molecule has 0 fully saturated rings. The van der Waals surface area contributed by atoms with E-state index >= 15 is 0 Å². The van der Waals surface area contributed by atoms with Crippen LogP contribution in [0.15, 0.2) is 0 Å². The number of benzene rings is 1. The lowest BCUT2D eigenvalue weighted by Crippen LogP contribution is -2.22. The molecule has 2 N–H and O–H groups in total. The normalized spacial score (nSPS) is 15.7. The Labute approximate surface area is 166 Å². The van der Waals surface area contributed by atoms with Gasteiger partial charge in [0, 0.05) is 16.3 Å². The number of carboxylic acid groups (broad SMARTS) is 1. The van der Waals surface area contributed by atoms with Gasteiger partial charge in [-0.1, -0.05) is 13.8 Å². The van der Waals surface area contributed by atoms with Crippen LogP contribution in [0, 0.1) is 33.1 Å². The monoisotopic (exact) mass is 385 g/mol. The zero-order chi connectivity index (χ0) is 20.1. The van der Waals surface area contributed by atoms with Crippen molar-refractivity contribution in [2.45, 2.75) is 67.3 Å². The Balaban J connectivity index is 2.30. The molecular formula is C23H31NO2S. The van der Waals surface area contributed by atoms with E-state index in [9.17, 15) is 9.90 Å². The summed E-state index contributed by atoms with van der Waals surface area (Å²) in [6, 6.07) is 0. The highest BCUT2D eigenvalue weighted by molar-refractivity contribution is 7.16. The van der Waals surface area contributed by atoms with Crippen molar-refractivity contribution in [1.82, 2.24) is 5.32 Å². The number of fused-ring (bicyclic) bond motifs is 1. The number of carbonyl (C=O) groups is 1. The van der Waals surface area contributed by atoms with Gasteiger partial charge in [0.25, 0.3) is 0 Å². The maximum atomic E-state index is 12.3. The molecule has 1 aromatic carbocycles. The summed E-state index contributed by atoms with van der Waals surface area (Å²) < 4.78 is 0. The van der Waals surface area contributed by atoms with Crippen LogP contribution in [0.4, 0.5) is 0 Å². The number of rotatable bonds is 4. The molecule has 0 amide bonds. The van der Waals surface area contributed by atoms with E-state index in [4.69, 9.17) is 0 Å². The molecule has 0 aliphatic heterocycles. The van der Waals surface area contributed by atoms with Gasteiger partial charge in [0.1, 0.15) is 0 Å². The topological polar surface area (TPSA) is 49.3 Å². The molecule has 0 bridgehead atoms. The van der Waals surface area contributed by atoms with Crippen LogP contribution >= 0.6 is 11.3 Å². The third-order valence-electron chi connectivity index (χ3n) is 6.35. The molecular weight excluding hydrogens is 354 g/mol. The molecule has 1 heterocycles. The molecule has 0 unspecified atom stereocenters. The lowest BCUT2D eigenvalue weighted by Gasteiger charge is -2.29. The van der Waals surface area contributed by atoms with Crippen LogP contribution in [-0.4, -0.2) is 18.1 Å². The first-order chi connectivity index (χ1) is 12.6. The first-order valence-electron chi connectivity index (χ1n) is 9.71. The molecule has 27 heavy (non-hydrogen) atoms. The molecule has 2 aromatic rings. The van der Waals surface area contributed by atoms with Crippen LogP contribution in [0.2, 0.25) is 0 Å². The van der Waals surface area contributed by atoms with Crippen molar-refractivity contribution in [2.24, 2.45) is 5.41 Å². The summed E-state index contributed by atoms with van der Waals surface area (Å²) in [5.74, 6) is -0.784. The maximum Gasteiger partial charge on any atom is 0.337 e. The molecule has 0 spiro atoms. The summed E-state index contributed by atoms with van der Waals surface area (Å²) in [6.45, 7) is 13.9. The van der Waals surface area contributed by atoms with Gasteiger partial charge in [0.05, 0.1) is 5.56 Å². The predicted molar refractivity (Wildman–Crippen MR) is 114 cm³/mol. The van der Waals surface area contributed by atoms with Crippen molar-refractivity contribution in [1.29, 1.82) is 0 Å². The Morgan fingerprint density at radius 3 is 2.22 bits per heavy atom. The van der Waals surface area contributed by atoms with Crippen molar-refractivity contribution in [2.75, 3.05) is 7.05 Å². The van der Waals surface area contributed by atoms with E-state index in [0.29, 0.717) is 5.56 Å². The fourth-order valence-electron chi connectivity index (χ4n) is 4.49. The number of hydrogen-bond donors (Lipinski definition) is 2. The number of aryl methyl sites for hydroxylation is 1. The van der Waals surface area contributed by atoms with Crippen LogP contribution in [0.1, 0.15) is 68.9 Å². The van der Waals surface area contributed by atoms with Gasteiger partial charge in [-0.2, -0.15) is 0 Å². The van der Waals surface area contributed by atoms with E-state index in [0.717, 1.165) is 41.8 Å². The zero-order valence-corrected chi connectivity index (χ0v) is 18.4. The minimum Gasteiger partial charge on any atom is -0.478 e. The van der Waals surface area contributed by atoms with Crippen LogP contribution in [0.5, 0.6) is 0 Å². The van der Waals surface area contributed by atoms with Crippen molar-refractivity contribution >= 4 is 17.3 Å². The molecule has 3 nitrogen and oxygen atoms in total. The third kappa shape index (κ3) is 3.34. The molecule has 4 heteroatoms. The quantitative estimate of drug-likeness (QED) is 0.722. The zero-order valence-electron chi connectivity index (χ0n) is 17.6. The van der Waals surface area contributed by atoms with E-state index in [1.165, 1.54) is 32.7 Å². The minimum absolute atomic E-state index is 0.169. The lowest BCUT2D eigenvalue weighted by atomic mass is 9.75. The number of thiophene rings is 1. The highest BCUT2D eigenvalue weighted by Crippen LogP contribution is 2.47. The largest absolute Gasteiger partial charge is 0.478 e. The third-order valence-corrected chi connectivity index (χ3v) is 7.66. The summed E-state index contributed by atoms with van der Waals surface area (Å²) >= 11 is 1.71. The van der Waals surface area contributed by atoms with E-state index in [2.05, 4.69) is 46.9 Å². The molecule has 1 aliphatic rings. The summed E-state index contributed by atoms with van der Waals surface area (Å²) in [5.41, 5.74) is 9.22. The van der Waals surface area contributed by atoms with Crippen LogP contribution in [0.3, 0.4) is 0 Å².